The van der Waals surface area contributed by atoms with Gasteiger partial charge in [0.25, 0.3) is 10.1 Å². The summed E-state index contributed by atoms with van der Waals surface area (Å²) < 4.78 is 35.1. The second kappa shape index (κ2) is 7.76. The zero-order valence-electron chi connectivity index (χ0n) is 12.6. The van der Waals surface area contributed by atoms with Gasteiger partial charge in [-0.25, -0.2) is 4.18 Å². The van der Waals surface area contributed by atoms with Crippen LogP contribution in [0.3, 0.4) is 0 Å². The lowest BCUT2D eigenvalue weighted by Gasteiger charge is -2.21. The van der Waals surface area contributed by atoms with Gasteiger partial charge < -0.3 is 4.74 Å². The number of benzene rings is 1. The second-order valence-electron chi connectivity index (χ2n) is 5.20. The Morgan fingerprint density at radius 2 is 1.75 bits per heavy atom. The van der Waals surface area contributed by atoms with Crippen molar-refractivity contribution in [3.63, 3.8) is 0 Å². The molecule has 0 fully saturated rings. The highest BCUT2D eigenvalue weighted by Gasteiger charge is 2.24. The zero-order valence-corrected chi connectivity index (χ0v) is 13.4. The van der Waals surface area contributed by atoms with Crippen molar-refractivity contribution in [1.29, 1.82) is 0 Å². The highest BCUT2D eigenvalue weighted by molar-refractivity contribution is 7.86. The van der Waals surface area contributed by atoms with Gasteiger partial charge in [-0.15, -0.1) is 0 Å². The lowest BCUT2D eigenvalue weighted by Crippen LogP contribution is -2.27. The number of rotatable bonds is 8. The molecule has 0 aliphatic rings. The predicted molar refractivity (Wildman–Crippen MR) is 78.9 cm³/mol. The molecular weight excluding hydrogens is 276 g/mol. The first-order valence-corrected chi connectivity index (χ1v) is 8.39. The van der Waals surface area contributed by atoms with Crippen LogP contribution in [0.4, 0.5) is 0 Å². The van der Waals surface area contributed by atoms with E-state index in [1.807, 2.05) is 20.8 Å². The fraction of sp³-hybridized carbons (Fsp3) is 0.600. The maximum Gasteiger partial charge on any atom is 0.299 e. The van der Waals surface area contributed by atoms with E-state index in [4.69, 9.17) is 8.92 Å². The number of hydrogen-bond donors (Lipinski definition) is 0. The maximum absolute atomic E-state index is 12.2. The summed E-state index contributed by atoms with van der Waals surface area (Å²) in [6.07, 6.45) is 1.14. The van der Waals surface area contributed by atoms with Gasteiger partial charge in [-0.2, -0.15) is 8.42 Å². The molecule has 114 valence electrons. The van der Waals surface area contributed by atoms with Crippen LogP contribution in [0.2, 0.25) is 0 Å². The zero-order chi connectivity index (χ0) is 15.2. The molecule has 0 N–H and O–H groups in total. The van der Waals surface area contributed by atoms with Crippen molar-refractivity contribution < 1.29 is 17.3 Å². The molecule has 0 heterocycles. The molecule has 0 spiro atoms. The van der Waals surface area contributed by atoms with Gasteiger partial charge in [-0.3, -0.25) is 0 Å². The van der Waals surface area contributed by atoms with Crippen LogP contribution in [-0.2, 0) is 19.0 Å². The van der Waals surface area contributed by atoms with E-state index < -0.39 is 16.4 Å². The van der Waals surface area contributed by atoms with Crippen LogP contribution in [0.25, 0.3) is 0 Å². The number of unbranched alkanes of at least 4 members (excludes halogenated alkanes) is 1. The van der Waals surface area contributed by atoms with Crippen molar-refractivity contribution in [3.05, 3.63) is 29.8 Å². The summed E-state index contributed by atoms with van der Waals surface area (Å²) in [7, 11) is -3.78. The standard InChI is InChI=1S/C15H24O4S/c1-5-6-11-18-15(12(2)3)19-20(16,17)14-9-7-13(4)8-10-14/h7-10,12,15H,5-6,11H2,1-4H3. The first-order chi connectivity index (χ1) is 9.36. The average Bonchev–Trinajstić information content (AvgIpc) is 2.38. The first kappa shape index (κ1) is 17.1. The highest BCUT2D eigenvalue weighted by Crippen LogP contribution is 2.19. The van der Waals surface area contributed by atoms with E-state index in [1.54, 1.807) is 24.3 Å². The molecule has 1 atom stereocenters. The molecule has 5 heteroatoms. The van der Waals surface area contributed by atoms with E-state index >= 15 is 0 Å². The van der Waals surface area contributed by atoms with Crippen LogP contribution >= 0.6 is 0 Å². The number of aryl methyl sites for hydroxylation is 1. The van der Waals surface area contributed by atoms with Crippen LogP contribution in [0.1, 0.15) is 39.2 Å². The van der Waals surface area contributed by atoms with Crippen LogP contribution < -0.4 is 0 Å². The minimum atomic E-state index is -3.78. The Morgan fingerprint density at radius 1 is 1.15 bits per heavy atom. The molecule has 1 rings (SSSR count). The van der Waals surface area contributed by atoms with E-state index in [-0.39, 0.29) is 10.8 Å². The van der Waals surface area contributed by atoms with Gasteiger partial charge >= 0.3 is 0 Å². The van der Waals surface area contributed by atoms with Crippen molar-refractivity contribution in [2.75, 3.05) is 6.61 Å². The highest BCUT2D eigenvalue weighted by atomic mass is 32.2. The third kappa shape index (κ3) is 5.23. The van der Waals surface area contributed by atoms with Crippen molar-refractivity contribution in [2.24, 2.45) is 5.92 Å². The van der Waals surface area contributed by atoms with Gasteiger partial charge in [-0.1, -0.05) is 44.9 Å². The van der Waals surface area contributed by atoms with Gasteiger partial charge in [0.2, 0.25) is 0 Å². The molecule has 0 bridgehead atoms. The molecule has 4 nitrogen and oxygen atoms in total. The smallest absolute Gasteiger partial charge is 0.299 e. The molecular formula is C15H24O4S. The third-order valence-corrected chi connectivity index (χ3v) is 4.15. The van der Waals surface area contributed by atoms with Crippen LogP contribution in [0, 0.1) is 12.8 Å². The Balaban J connectivity index is 2.78. The average molecular weight is 300 g/mol. The molecule has 0 amide bonds. The summed E-state index contributed by atoms with van der Waals surface area (Å²) in [5.74, 6) is -0.0351. The summed E-state index contributed by atoms with van der Waals surface area (Å²) in [4.78, 5) is 0.160. The summed E-state index contributed by atoms with van der Waals surface area (Å²) >= 11 is 0. The molecule has 0 aliphatic heterocycles. The quantitative estimate of drug-likeness (QED) is 0.419. The lowest BCUT2D eigenvalue weighted by molar-refractivity contribution is -0.104. The minimum absolute atomic E-state index is 0.0351. The molecule has 0 aliphatic carbocycles. The molecule has 0 aromatic heterocycles. The fourth-order valence-electron chi connectivity index (χ4n) is 1.56. The van der Waals surface area contributed by atoms with Crippen LogP contribution in [-0.4, -0.2) is 21.3 Å². The topological polar surface area (TPSA) is 52.6 Å². The Labute approximate surface area is 122 Å². The predicted octanol–water partition coefficient (Wildman–Crippen LogP) is 3.50. The molecule has 0 saturated heterocycles. The molecule has 20 heavy (non-hydrogen) atoms. The van der Waals surface area contributed by atoms with Gasteiger partial charge in [0.15, 0.2) is 6.29 Å². The van der Waals surface area contributed by atoms with Gasteiger partial charge in [-0.05, 0) is 25.5 Å². The first-order valence-electron chi connectivity index (χ1n) is 6.98. The Morgan fingerprint density at radius 3 is 2.25 bits per heavy atom. The van der Waals surface area contributed by atoms with Crippen LogP contribution in [0.5, 0.6) is 0 Å². The normalized spacial score (nSPS) is 13.7. The Kier molecular flexibility index (Phi) is 6.65. The molecule has 1 unspecified atom stereocenters. The van der Waals surface area contributed by atoms with E-state index in [2.05, 4.69) is 6.92 Å². The Hall–Kier alpha value is -0.910. The van der Waals surface area contributed by atoms with Gasteiger partial charge in [0, 0.05) is 12.5 Å². The van der Waals surface area contributed by atoms with E-state index in [0.717, 1.165) is 18.4 Å². The number of hydrogen-bond acceptors (Lipinski definition) is 4. The third-order valence-electron chi connectivity index (χ3n) is 2.86. The molecule has 1 aromatic carbocycles. The lowest BCUT2D eigenvalue weighted by atomic mass is 10.2. The summed E-state index contributed by atoms with van der Waals surface area (Å²) in [6, 6.07) is 6.60. The summed E-state index contributed by atoms with van der Waals surface area (Å²) in [5, 5.41) is 0. The molecule has 0 saturated carbocycles. The fourth-order valence-corrected chi connectivity index (χ4v) is 2.67. The van der Waals surface area contributed by atoms with Crippen molar-refractivity contribution >= 4 is 10.1 Å². The summed E-state index contributed by atoms with van der Waals surface area (Å²) in [6.45, 7) is 8.21. The maximum atomic E-state index is 12.2. The van der Waals surface area contributed by atoms with Crippen molar-refractivity contribution in [1.82, 2.24) is 0 Å². The SMILES string of the molecule is CCCCOC(OS(=O)(=O)c1ccc(C)cc1)C(C)C. The monoisotopic (exact) mass is 300 g/mol. The van der Waals surface area contributed by atoms with E-state index in [9.17, 15) is 8.42 Å². The number of ether oxygens (including phenoxy) is 1. The van der Waals surface area contributed by atoms with Gasteiger partial charge in [0.05, 0.1) is 4.90 Å². The van der Waals surface area contributed by atoms with E-state index in [0.29, 0.717) is 6.61 Å². The molecule has 1 aromatic rings. The Bertz CT molecular complexity index is 491. The van der Waals surface area contributed by atoms with E-state index in [1.165, 1.54) is 0 Å². The van der Waals surface area contributed by atoms with Gasteiger partial charge in [0.1, 0.15) is 0 Å². The second-order valence-corrected chi connectivity index (χ2v) is 6.77. The van der Waals surface area contributed by atoms with Crippen LogP contribution in [0.15, 0.2) is 29.2 Å². The summed E-state index contributed by atoms with van der Waals surface area (Å²) in [5.41, 5.74) is 1.00. The van der Waals surface area contributed by atoms with Crippen molar-refractivity contribution in [3.8, 4) is 0 Å². The van der Waals surface area contributed by atoms with Crippen molar-refractivity contribution in [2.45, 2.75) is 51.7 Å². The largest absolute Gasteiger partial charge is 0.351 e. The molecule has 0 radical (unpaired) electrons. The minimum Gasteiger partial charge on any atom is -0.351 e.